The molecular weight excluding hydrogens is 348 g/mol. The molecule has 0 radical (unpaired) electrons. The number of imidazole rings is 1. The van der Waals surface area contributed by atoms with Crippen molar-refractivity contribution in [3.05, 3.63) is 41.7 Å². The van der Waals surface area contributed by atoms with Gasteiger partial charge in [0, 0.05) is 25.5 Å². The van der Waals surface area contributed by atoms with E-state index in [0.717, 1.165) is 29.2 Å². The first-order chi connectivity index (χ1) is 12.4. The number of hydrogen-bond acceptors (Lipinski definition) is 4. The number of hydrogen-bond donors (Lipinski definition) is 1. The molecule has 6 nitrogen and oxygen atoms in total. The highest BCUT2D eigenvalue weighted by Gasteiger charge is 2.24. The van der Waals surface area contributed by atoms with Crippen molar-refractivity contribution in [1.29, 1.82) is 0 Å². The summed E-state index contributed by atoms with van der Waals surface area (Å²) in [5.74, 6) is 0.0658. The first-order valence-electron chi connectivity index (χ1n) is 8.71. The van der Waals surface area contributed by atoms with Gasteiger partial charge >= 0.3 is 0 Å². The molecule has 0 spiro atoms. The van der Waals surface area contributed by atoms with E-state index in [1.54, 1.807) is 13.2 Å². The number of aromatic nitrogens is 2. The van der Waals surface area contributed by atoms with E-state index in [-0.39, 0.29) is 24.1 Å². The molecule has 0 unspecified atom stereocenters. The molecule has 1 heterocycles. The number of nitrogens with zero attached hydrogens (tertiary/aromatic N) is 3. The Balaban J connectivity index is 1.58. The Morgan fingerprint density at radius 1 is 1.35 bits per heavy atom. The first-order valence-corrected chi connectivity index (χ1v) is 9.69. The van der Waals surface area contributed by atoms with E-state index in [1.807, 2.05) is 10.8 Å². The van der Waals surface area contributed by atoms with Gasteiger partial charge in [-0.2, -0.15) is 0 Å². The molecule has 2 aromatic rings. The molecule has 1 saturated carbocycles. The molecule has 1 aromatic heterocycles. The predicted molar refractivity (Wildman–Crippen MR) is 103 cm³/mol. The number of carbonyl (C=O) groups excluding carboxylic acids is 2. The molecular formula is C19H24N4O2S. The van der Waals surface area contributed by atoms with Crippen molar-refractivity contribution in [2.45, 2.75) is 37.9 Å². The van der Waals surface area contributed by atoms with Crippen LogP contribution in [0, 0.1) is 13.8 Å². The summed E-state index contributed by atoms with van der Waals surface area (Å²) in [5, 5.41) is 3.66. The van der Waals surface area contributed by atoms with Gasteiger partial charge in [0.2, 0.25) is 11.8 Å². The maximum atomic E-state index is 12.3. The standard InChI is InChI=1S/C19H24N4O2S/c1-13-4-7-16(14(2)10-13)23-9-8-20-19(23)26-12-18(25)22(3)11-17(24)21-15-5-6-15/h4,7-10,15H,5-6,11-12H2,1-3H3,(H,21,24). The summed E-state index contributed by atoms with van der Waals surface area (Å²) >= 11 is 1.38. The Bertz CT molecular complexity index is 814. The maximum Gasteiger partial charge on any atom is 0.239 e. The second-order valence-electron chi connectivity index (χ2n) is 6.75. The Morgan fingerprint density at radius 2 is 2.12 bits per heavy atom. The fourth-order valence-electron chi connectivity index (χ4n) is 2.70. The monoisotopic (exact) mass is 372 g/mol. The Labute approximate surface area is 158 Å². The van der Waals surface area contributed by atoms with Crippen molar-refractivity contribution in [2.24, 2.45) is 0 Å². The average Bonchev–Trinajstić information content (AvgIpc) is 3.27. The van der Waals surface area contributed by atoms with Crippen LogP contribution in [0.2, 0.25) is 0 Å². The van der Waals surface area contributed by atoms with E-state index in [9.17, 15) is 9.59 Å². The molecule has 2 amide bonds. The van der Waals surface area contributed by atoms with E-state index in [4.69, 9.17) is 0 Å². The van der Waals surface area contributed by atoms with Crippen LogP contribution >= 0.6 is 11.8 Å². The van der Waals surface area contributed by atoms with Gasteiger partial charge in [0.15, 0.2) is 5.16 Å². The molecule has 26 heavy (non-hydrogen) atoms. The van der Waals surface area contributed by atoms with Crippen molar-refractivity contribution >= 4 is 23.6 Å². The van der Waals surface area contributed by atoms with E-state index in [0.29, 0.717) is 6.04 Å². The first kappa shape index (κ1) is 18.5. The third kappa shape index (κ3) is 4.66. The molecule has 1 N–H and O–H groups in total. The lowest BCUT2D eigenvalue weighted by Gasteiger charge is -2.17. The highest BCUT2D eigenvalue weighted by Crippen LogP contribution is 2.23. The molecule has 0 aliphatic heterocycles. The van der Waals surface area contributed by atoms with Crippen molar-refractivity contribution in [2.75, 3.05) is 19.3 Å². The number of nitrogens with one attached hydrogen (secondary N) is 1. The number of aryl methyl sites for hydroxylation is 2. The molecule has 1 aliphatic carbocycles. The summed E-state index contributed by atoms with van der Waals surface area (Å²) in [4.78, 5) is 30.0. The SMILES string of the molecule is Cc1ccc(-n2ccnc2SCC(=O)N(C)CC(=O)NC2CC2)c(C)c1. The Hall–Kier alpha value is -2.28. The second-order valence-corrected chi connectivity index (χ2v) is 7.69. The zero-order chi connectivity index (χ0) is 18.7. The lowest BCUT2D eigenvalue weighted by Crippen LogP contribution is -2.39. The van der Waals surface area contributed by atoms with Gasteiger partial charge < -0.3 is 10.2 Å². The summed E-state index contributed by atoms with van der Waals surface area (Å²) < 4.78 is 1.99. The largest absolute Gasteiger partial charge is 0.352 e. The quantitative estimate of drug-likeness (QED) is 0.758. The van der Waals surface area contributed by atoms with Crippen LogP contribution in [0.4, 0.5) is 0 Å². The summed E-state index contributed by atoms with van der Waals surface area (Å²) in [6, 6.07) is 6.56. The minimum Gasteiger partial charge on any atom is -0.352 e. The second kappa shape index (κ2) is 7.95. The number of rotatable bonds is 7. The zero-order valence-corrected chi connectivity index (χ0v) is 16.2. The van der Waals surface area contributed by atoms with E-state index >= 15 is 0 Å². The Kier molecular flexibility index (Phi) is 5.66. The number of likely N-dealkylation sites (N-methyl/N-ethyl adjacent to an activating group) is 1. The van der Waals surface area contributed by atoms with E-state index < -0.39 is 0 Å². The molecule has 3 rings (SSSR count). The summed E-state index contributed by atoms with van der Waals surface area (Å²) in [6.45, 7) is 4.23. The number of carbonyl (C=O) groups is 2. The molecule has 1 fully saturated rings. The van der Waals surface area contributed by atoms with Crippen LogP contribution in [-0.4, -0.2) is 51.7 Å². The summed E-state index contributed by atoms with van der Waals surface area (Å²) in [6.07, 6.45) is 5.72. The molecule has 0 bridgehead atoms. The van der Waals surface area contributed by atoms with Crippen molar-refractivity contribution in [3.63, 3.8) is 0 Å². The van der Waals surface area contributed by atoms with Gasteiger partial charge in [-0.05, 0) is 38.3 Å². The highest BCUT2D eigenvalue weighted by atomic mass is 32.2. The number of benzene rings is 1. The molecule has 1 aliphatic rings. The summed E-state index contributed by atoms with van der Waals surface area (Å²) in [7, 11) is 1.66. The third-order valence-electron chi connectivity index (χ3n) is 4.29. The smallest absolute Gasteiger partial charge is 0.239 e. The molecule has 7 heteroatoms. The third-order valence-corrected chi connectivity index (χ3v) is 5.24. The van der Waals surface area contributed by atoms with Gasteiger partial charge in [-0.3, -0.25) is 14.2 Å². The van der Waals surface area contributed by atoms with Crippen molar-refractivity contribution in [3.8, 4) is 5.69 Å². The van der Waals surface area contributed by atoms with Crippen molar-refractivity contribution < 1.29 is 9.59 Å². The number of thioether (sulfide) groups is 1. The van der Waals surface area contributed by atoms with E-state index in [2.05, 4.69) is 42.3 Å². The Morgan fingerprint density at radius 3 is 2.81 bits per heavy atom. The normalized spacial score (nSPS) is 13.5. The van der Waals surface area contributed by atoms with Gasteiger partial charge in [-0.15, -0.1) is 0 Å². The van der Waals surface area contributed by atoms with Gasteiger partial charge in [-0.1, -0.05) is 29.5 Å². The molecule has 0 atom stereocenters. The van der Waals surface area contributed by atoms with Crippen LogP contribution in [0.15, 0.2) is 35.7 Å². The molecule has 0 saturated heterocycles. The van der Waals surface area contributed by atoms with Crippen LogP contribution in [0.5, 0.6) is 0 Å². The van der Waals surface area contributed by atoms with E-state index in [1.165, 1.54) is 22.2 Å². The maximum absolute atomic E-state index is 12.3. The van der Waals surface area contributed by atoms with Crippen molar-refractivity contribution in [1.82, 2.24) is 19.8 Å². The predicted octanol–water partition coefficient (Wildman–Crippen LogP) is 2.32. The minimum atomic E-state index is -0.0925. The lowest BCUT2D eigenvalue weighted by molar-refractivity contribution is -0.132. The topological polar surface area (TPSA) is 67.2 Å². The van der Waals surface area contributed by atoms with Gasteiger partial charge in [-0.25, -0.2) is 4.98 Å². The summed E-state index contributed by atoms with van der Waals surface area (Å²) in [5.41, 5.74) is 3.42. The van der Waals surface area contributed by atoms with Gasteiger partial charge in [0.25, 0.3) is 0 Å². The number of amides is 2. The van der Waals surface area contributed by atoms with Crippen LogP contribution in [-0.2, 0) is 9.59 Å². The van der Waals surface area contributed by atoms with Crippen LogP contribution in [0.1, 0.15) is 24.0 Å². The highest BCUT2D eigenvalue weighted by molar-refractivity contribution is 7.99. The minimum absolute atomic E-state index is 0.0869. The lowest BCUT2D eigenvalue weighted by atomic mass is 10.1. The molecule has 138 valence electrons. The van der Waals surface area contributed by atoms with Crippen LogP contribution < -0.4 is 5.32 Å². The van der Waals surface area contributed by atoms with Crippen LogP contribution in [0.25, 0.3) is 5.69 Å². The zero-order valence-electron chi connectivity index (χ0n) is 15.4. The van der Waals surface area contributed by atoms with Crippen LogP contribution in [0.3, 0.4) is 0 Å². The fourth-order valence-corrected chi connectivity index (χ4v) is 3.60. The average molecular weight is 372 g/mol. The van der Waals surface area contributed by atoms with Gasteiger partial charge in [0.1, 0.15) is 0 Å². The molecule has 1 aromatic carbocycles. The fraction of sp³-hybridized carbons (Fsp3) is 0.421. The van der Waals surface area contributed by atoms with Gasteiger partial charge in [0.05, 0.1) is 18.0 Å².